The number of rotatable bonds is 4. The lowest BCUT2D eigenvalue weighted by molar-refractivity contribution is 0.0935. The molecule has 0 aromatic carbocycles. The molecule has 0 radical (unpaired) electrons. The summed E-state index contributed by atoms with van der Waals surface area (Å²) in [6, 6.07) is 3.62. The van der Waals surface area contributed by atoms with Crippen LogP contribution >= 0.6 is 15.9 Å². The number of Topliss-reactive ketones (excluding diaryl/α,β-unsaturated/α-hetero) is 1. The average molecular weight is 270 g/mol. The van der Waals surface area contributed by atoms with Gasteiger partial charge in [0, 0.05) is 0 Å². The Kier molecular flexibility index (Phi) is 4.10. The van der Waals surface area contributed by atoms with Crippen LogP contribution in [-0.4, -0.2) is 5.78 Å². The lowest BCUT2D eigenvalue weighted by Gasteiger charge is -2.09. The zero-order valence-electron chi connectivity index (χ0n) is 8.66. The van der Waals surface area contributed by atoms with Crippen molar-refractivity contribution in [3.05, 3.63) is 22.6 Å². The molecule has 1 atom stereocenters. The Morgan fingerprint density at radius 3 is 2.73 bits per heavy atom. The van der Waals surface area contributed by atoms with Gasteiger partial charge in [-0.3, -0.25) is 4.79 Å². The molecular weight excluding hydrogens is 258 g/mol. The van der Waals surface area contributed by atoms with E-state index in [-0.39, 0.29) is 5.78 Å². The van der Waals surface area contributed by atoms with E-state index in [1.54, 1.807) is 6.07 Å². The van der Waals surface area contributed by atoms with Crippen LogP contribution in [0.5, 0.6) is 0 Å². The number of hydrogen-bond donors (Lipinski definition) is 0. The van der Waals surface area contributed by atoms with Gasteiger partial charge in [-0.2, -0.15) is 5.26 Å². The number of nitrogens with zero attached hydrogens (tertiary/aromatic N) is 1. The Hall–Kier alpha value is -1.08. The second-order valence-electron chi connectivity index (χ2n) is 3.78. The maximum absolute atomic E-state index is 11.9. The van der Waals surface area contributed by atoms with Gasteiger partial charge in [-0.15, -0.1) is 0 Å². The van der Waals surface area contributed by atoms with Crippen LogP contribution in [0, 0.1) is 23.2 Å². The first-order chi connectivity index (χ1) is 7.06. The SMILES string of the molecule is CC(C)CC(C#N)C(=O)c1ccoc1Br. The molecule has 0 aliphatic heterocycles. The van der Waals surface area contributed by atoms with Crippen molar-refractivity contribution in [3.63, 3.8) is 0 Å². The van der Waals surface area contributed by atoms with E-state index in [1.807, 2.05) is 19.9 Å². The van der Waals surface area contributed by atoms with E-state index in [1.165, 1.54) is 6.26 Å². The van der Waals surface area contributed by atoms with Crippen molar-refractivity contribution in [2.45, 2.75) is 20.3 Å². The smallest absolute Gasteiger partial charge is 0.184 e. The number of nitriles is 1. The maximum Gasteiger partial charge on any atom is 0.184 e. The molecule has 0 aliphatic rings. The lowest BCUT2D eigenvalue weighted by Crippen LogP contribution is -2.15. The van der Waals surface area contributed by atoms with Crippen molar-refractivity contribution in [3.8, 4) is 6.07 Å². The van der Waals surface area contributed by atoms with Gasteiger partial charge in [0.2, 0.25) is 0 Å². The highest BCUT2D eigenvalue weighted by molar-refractivity contribution is 9.10. The van der Waals surface area contributed by atoms with E-state index in [0.29, 0.717) is 22.6 Å². The third-order valence-electron chi connectivity index (χ3n) is 2.06. The van der Waals surface area contributed by atoms with Crippen molar-refractivity contribution < 1.29 is 9.21 Å². The van der Waals surface area contributed by atoms with Gasteiger partial charge in [0.25, 0.3) is 0 Å². The summed E-state index contributed by atoms with van der Waals surface area (Å²) in [6.45, 7) is 3.98. The fraction of sp³-hybridized carbons (Fsp3) is 0.455. The van der Waals surface area contributed by atoms with E-state index >= 15 is 0 Å². The van der Waals surface area contributed by atoms with E-state index < -0.39 is 5.92 Å². The van der Waals surface area contributed by atoms with Gasteiger partial charge in [0.05, 0.1) is 17.9 Å². The molecule has 80 valence electrons. The molecule has 0 N–H and O–H groups in total. The summed E-state index contributed by atoms with van der Waals surface area (Å²) in [5.41, 5.74) is 0.446. The van der Waals surface area contributed by atoms with Crippen molar-refractivity contribution in [2.24, 2.45) is 11.8 Å². The first-order valence-corrected chi connectivity index (χ1v) is 5.52. The quantitative estimate of drug-likeness (QED) is 0.788. The molecule has 1 aromatic heterocycles. The normalized spacial score (nSPS) is 12.5. The predicted octanol–water partition coefficient (Wildman–Crippen LogP) is 3.41. The molecular formula is C11H12BrNO2. The van der Waals surface area contributed by atoms with Crippen LogP contribution in [0.4, 0.5) is 0 Å². The molecule has 0 saturated heterocycles. The van der Waals surface area contributed by atoms with Crippen LogP contribution in [-0.2, 0) is 0 Å². The highest BCUT2D eigenvalue weighted by Crippen LogP contribution is 2.23. The van der Waals surface area contributed by atoms with Crippen molar-refractivity contribution >= 4 is 21.7 Å². The Labute approximate surface area is 97.2 Å². The summed E-state index contributed by atoms with van der Waals surface area (Å²) in [5, 5.41) is 8.92. The molecule has 1 heterocycles. The monoisotopic (exact) mass is 269 g/mol. The first kappa shape index (κ1) is 12.0. The maximum atomic E-state index is 11.9. The minimum atomic E-state index is -0.584. The molecule has 0 fully saturated rings. The minimum Gasteiger partial charge on any atom is -0.457 e. The summed E-state index contributed by atoms with van der Waals surface area (Å²) in [5.74, 6) is -0.435. The van der Waals surface area contributed by atoms with E-state index in [9.17, 15) is 4.79 Å². The van der Waals surface area contributed by atoms with Crippen molar-refractivity contribution in [2.75, 3.05) is 0 Å². The predicted molar refractivity (Wildman–Crippen MR) is 59.3 cm³/mol. The molecule has 0 amide bonds. The number of furan rings is 1. The van der Waals surface area contributed by atoms with Crippen molar-refractivity contribution in [1.82, 2.24) is 0 Å². The van der Waals surface area contributed by atoms with Crippen LogP contribution in [0.15, 0.2) is 21.4 Å². The van der Waals surface area contributed by atoms with Crippen LogP contribution in [0.3, 0.4) is 0 Å². The molecule has 0 bridgehead atoms. The molecule has 0 aliphatic carbocycles. The van der Waals surface area contributed by atoms with Crippen LogP contribution < -0.4 is 0 Å². The van der Waals surface area contributed by atoms with E-state index in [2.05, 4.69) is 15.9 Å². The number of carbonyl (C=O) groups excluding carboxylic acids is 1. The third-order valence-corrected chi connectivity index (χ3v) is 2.68. The average Bonchev–Trinajstić information content (AvgIpc) is 2.59. The van der Waals surface area contributed by atoms with Crippen LogP contribution in [0.2, 0.25) is 0 Å². The van der Waals surface area contributed by atoms with Crippen LogP contribution in [0.1, 0.15) is 30.6 Å². The number of halogens is 1. The molecule has 1 unspecified atom stereocenters. The Morgan fingerprint density at radius 2 is 2.33 bits per heavy atom. The topological polar surface area (TPSA) is 54.0 Å². The Balaban J connectivity index is 2.84. The first-order valence-electron chi connectivity index (χ1n) is 4.73. The summed E-state index contributed by atoms with van der Waals surface area (Å²) in [4.78, 5) is 11.9. The summed E-state index contributed by atoms with van der Waals surface area (Å²) in [6.07, 6.45) is 2.01. The van der Waals surface area contributed by atoms with Gasteiger partial charge in [0.15, 0.2) is 10.5 Å². The number of carbonyl (C=O) groups is 1. The second-order valence-corrected chi connectivity index (χ2v) is 4.50. The van der Waals surface area contributed by atoms with Crippen LogP contribution in [0.25, 0.3) is 0 Å². The van der Waals surface area contributed by atoms with E-state index in [4.69, 9.17) is 9.68 Å². The number of ketones is 1. The largest absolute Gasteiger partial charge is 0.457 e. The fourth-order valence-corrected chi connectivity index (χ4v) is 1.78. The van der Waals surface area contributed by atoms with Crippen molar-refractivity contribution in [1.29, 1.82) is 5.26 Å². The summed E-state index contributed by atoms with van der Waals surface area (Å²) < 4.78 is 5.37. The van der Waals surface area contributed by atoms with Gasteiger partial charge in [-0.1, -0.05) is 13.8 Å². The standard InChI is InChI=1S/C11H12BrNO2/c1-7(2)5-8(6-13)10(14)9-3-4-15-11(9)12/h3-4,7-8H,5H2,1-2H3. The lowest BCUT2D eigenvalue weighted by atomic mass is 9.92. The van der Waals surface area contributed by atoms with Gasteiger partial charge in [0.1, 0.15) is 5.92 Å². The van der Waals surface area contributed by atoms with E-state index in [0.717, 1.165) is 0 Å². The molecule has 4 heteroatoms. The fourth-order valence-electron chi connectivity index (χ4n) is 1.35. The third kappa shape index (κ3) is 2.93. The second kappa shape index (κ2) is 5.13. The molecule has 3 nitrogen and oxygen atoms in total. The Morgan fingerprint density at radius 1 is 1.67 bits per heavy atom. The molecule has 15 heavy (non-hydrogen) atoms. The summed E-state index contributed by atoms with van der Waals surface area (Å²) in [7, 11) is 0. The van der Waals surface area contributed by atoms with Gasteiger partial charge in [-0.25, -0.2) is 0 Å². The molecule has 0 saturated carbocycles. The molecule has 1 aromatic rings. The summed E-state index contributed by atoms with van der Waals surface area (Å²) >= 11 is 3.13. The van der Waals surface area contributed by atoms with Gasteiger partial charge >= 0.3 is 0 Å². The highest BCUT2D eigenvalue weighted by atomic mass is 79.9. The molecule has 0 spiro atoms. The zero-order chi connectivity index (χ0) is 11.4. The molecule has 1 rings (SSSR count). The Bertz CT molecular complexity index is 390. The van der Waals surface area contributed by atoms with Gasteiger partial charge in [-0.05, 0) is 34.3 Å². The minimum absolute atomic E-state index is 0.174. The number of hydrogen-bond acceptors (Lipinski definition) is 3. The highest BCUT2D eigenvalue weighted by Gasteiger charge is 2.23. The zero-order valence-corrected chi connectivity index (χ0v) is 10.2. The van der Waals surface area contributed by atoms with Gasteiger partial charge < -0.3 is 4.42 Å².